The molecular formula is C17H17N5O2S. The lowest BCUT2D eigenvalue weighted by molar-refractivity contribution is -0.117. The van der Waals surface area contributed by atoms with Crippen molar-refractivity contribution < 1.29 is 9.53 Å². The zero-order valence-electron chi connectivity index (χ0n) is 13.8. The summed E-state index contributed by atoms with van der Waals surface area (Å²) in [5.41, 5.74) is 3.03. The Morgan fingerprint density at radius 3 is 2.56 bits per heavy atom. The van der Waals surface area contributed by atoms with Gasteiger partial charge in [0.05, 0.1) is 12.3 Å². The molecular weight excluding hydrogens is 338 g/mol. The largest absolute Gasteiger partial charge is 0.494 e. The Morgan fingerprint density at radius 2 is 1.88 bits per heavy atom. The summed E-state index contributed by atoms with van der Waals surface area (Å²) in [6, 6.07) is 13.0. The fourth-order valence-corrected chi connectivity index (χ4v) is 2.53. The molecule has 1 heterocycles. The zero-order chi connectivity index (χ0) is 17.8. The zero-order valence-corrected chi connectivity index (χ0v) is 14.6. The quantitative estimate of drug-likeness (QED) is 0.700. The molecule has 0 aliphatic rings. The van der Waals surface area contributed by atoms with E-state index in [1.807, 2.05) is 49.4 Å². The van der Waals surface area contributed by atoms with Crippen molar-refractivity contribution in [2.75, 3.05) is 11.9 Å². The van der Waals surface area contributed by atoms with Crippen molar-refractivity contribution in [2.24, 2.45) is 0 Å². The van der Waals surface area contributed by atoms with Crippen molar-refractivity contribution >= 4 is 40.0 Å². The lowest BCUT2D eigenvalue weighted by atomic mass is 10.3. The third kappa shape index (κ3) is 4.10. The van der Waals surface area contributed by atoms with Crippen LogP contribution in [0.15, 0.2) is 42.5 Å². The molecule has 0 saturated carbocycles. The first-order chi connectivity index (χ1) is 12.0. The number of anilines is 1. The van der Waals surface area contributed by atoms with Gasteiger partial charge in [-0.1, -0.05) is 0 Å². The van der Waals surface area contributed by atoms with Crippen LogP contribution >= 0.6 is 12.2 Å². The van der Waals surface area contributed by atoms with Gasteiger partial charge in [0.1, 0.15) is 16.8 Å². The molecule has 0 atom stereocenters. The van der Waals surface area contributed by atoms with E-state index >= 15 is 0 Å². The molecule has 128 valence electrons. The third-order valence-electron chi connectivity index (χ3n) is 3.31. The van der Waals surface area contributed by atoms with Gasteiger partial charge in [0.15, 0.2) is 5.11 Å². The summed E-state index contributed by atoms with van der Waals surface area (Å²) in [6.45, 7) is 3.97. The maximum atomic E-state index is 11.0. The summed E-state index contributed by atoms with van der Waals surface area (Å²) >= 11 is 5.05. The number of nitrogens with one attached hydrogen (secondary N) is 2. The van der Waals surface area contributed by atoms with Crippen molar-refractivity contribution in [3.8, 4) is 11.4 Å². The lowest BCUT2D eigenvalue weighted by Gasteiger charge is -2.07. The molecule has 2 aromatic carbocycles. The summed E-state index contributed by atoms with van der Waals surface area (Å²) in [5, 5.41) is 14.6. The van der Waals surface area contributed by atoms with Gasteiger partial charge in [-0.15, -0.1) is 10.2 Å². The van der Waals surface area contributed by atoms with E-state index in [1.165, 1.54) is 6.92 Å². The summed E-state index contributed by atoms with van der Waals surface area (Å²) in [4.78, 5) is 12.6. The van der Waals surface area contributed by atoms with Crippen LogP contribution in [0.4, 0.5) is 5.69 Å². The number of benzene rings is 2. The number of carbonyl (C=O) groups excluding carboxylic acids is 1. The molecule has 3 rings (SSSR count). The molecule has 7 nitrogen and oxygen atoms in total. The molecule has 25 heavy (non-hydrogen) atoms. The van der Waals surface area contributed by atoms with E-state index in [0.717, 1.165) is 22.6 Å². The summed E-state index contributed by atoms with van der Waals surface area (Å²) in [5.74, 6) is 0.584. The number of hydrogen-bond donors (Lipinski definition) is 2. The second-order valence-electron chi connectivity index (χ2n) is 5.26. The average Bonchev–Trinajstić information content (AvgIpc) is 2.98. The van der Waals surface area contributed by atoms with Gasteiger partial charge in [-0.05, 0) is 61.6 Å². The predicted octanol–water partition coefficient (Wildman–Crippen LogP) is 2.65. The van der Waals surface area contributed by atoms with Gasteiger partial charge in [-0.3, -0.25) is 4.79 Å². The normalized spacial score (nSPS) is 10.5. The maximum absolute atomic E-state index is 11.0. The molecule has 2 N–H and O–H groups in total. The van der Waals surface area contributed by atoms with E-state index in [4.69, 9.17) is 17.0 Å². The van der Waals surface area contributed by atoms with Gasteiger partial charge < -0.3 is 15.4 Å². The van der Waals surface area contributed by atoms with Gasteiger partial charge in [0.25, 0.3) is 0 Å². The average molecular weight is 355 g/mol. The van der Waals surface area contributed by atoms with E-state index in [0.29, 0.717) is 12.1 Å². The molecule has 0 saturated heterocycles. The van der Waals surface area contributed by atoms with Crippen LogP contribution in [-0.4, -0.2) is 32.6 Å². The van der Waals surface area contributed by atoms with Crippen LogP contribution < -0.4 is 15.4 Å². The van der Waals surface area contributed by atoms with Gasteiger partial charge in [-0.2, -0.15) is 4.80 Å². The minimum atomic E-state index is -0.222. The number of fused-ring (bicyclic) bond motifs is 1. The molecule has 8 heteroatoms. The van der Waals surface area contributed by atoms with Crippen LogP contribution in [0.25, 0.3) is 16.7 Å². The number of thiocarbonyl (C=S) groups is 1. The Labute approximate surface area is 150 Å². The van der Waals surface area contributed by atoms with Gasteiger partial charge in [0.2, 0.25) is 5.91 Å². The molecule has 1 aromatic heterocycles. The highest BCUT2D eigenvalue weighted by atomic mass is 32.1. The molecule has 0 fully saturated rings. The highest BCUT2D eigenvalue weighted by Gasteiger charge is 2.07. The van der Waals surface area contributed by atoms with Gasteiger partial charge in [-0.25, -0.2) is 0 Å². The van der Waals surface area contributed by atoms with Crippen molar-refractivity contribution in [1.29, 1.82) is 0 Å². The third-order valence-corrected chi connectivity index (χ3v) is 3.51. The van der Waals surface area contributed by atoms with E-state index in [2.05, 4.69) is 20.8 Å². The maximum Gasteiger partial charge on any atom is 0.222 e. The first-order valence-corrected chi connectivity index (χ1v) is 8.15. The number of nitrogens with zero attached hydrogens (tertiary/aromatic N) is 3. The second-order valence-corrected chi connectivity index (χ2v) is 5.66. The Bertz CT molecular complexity index is 920. The summed E-state index contributed by atoms with van der Waals surface area (Å²) in [7, 11) is 0. The Balaban J connectivity index is 1.82. The first-order valence-electron chi connectivity index (χ1n) is 7.74. The van der Waals surface area contributed by atoms with E-state index in [1.54, 1.807) is 4.80 Å². The van der Waals surface area contributed by atoms with Crippen molar-refractivity contribution in [3.05, 3.63) is 42.5 Å². The topological polar surface area (TPSA) is 81.1 Å². The van der Waals surface area contributed by atoms with E-state index in [-0.39, 0.29) is 11.0 Å². The van der Waals surface area contributed by atoms with Crippen molar-refractivity contribution in [3.63, 3.8) is 0 Å². The number of amides is 1. The number of aromatic nitrogens is 3. The van der Waals surface area contributed by atoms with Crippen LogP contribution in [0.2, 0.25) is 0 Å². The monoisotopic (exact) mass is 355 g/mol. The van der Waals surface area contributed by atoms with Crippen LogP contribution in [0, 0.1) is 0 Å². The molecule has 0 radical (unpaired) electrons. The predicted molar refractivity (Wildman–Crippen MR) is 100 cm³/mol. The minimum Gasteiger partial charge on any atom is -0.494 e. The van der Waals surface area contributed by atoms with Crippen molar-refractivity contribution in [2.45, 2.75) is 13.8 Å². The van der Waals surface area contributed by atoms with E-state index in [9.17, 15) is 4.79 Å². The lowest BCUT2D eigenvalue weighted by Crippen LogP contribution is -2.32. The standard InChI is InChI=1S/C17H17N5O2S/c1-3-24-14-7-5-13(6-8-14)22-20-15-9-4-12(10-16(15)21-22)19-17(25)18-11(2)23/h4-10H,3H2,1-2H3,(H2,18,19,23,25). The highest BCUT2D eigenvalue weighted by molar-refractivity contribution is 7.80. The van der Waals surface area contributed by atoms with E-state index < -0.39 is 0 Å². The minimum absolute atomic E-state index is 0.222. The molecule has 0 bridgehead atoms. The number of rotatable bonds is 4. The molecule has 1 amide bonds. The molecule has 0 aliphatic carbocycles. The molecule has 0 aliphatic heterocycles. The van der Waals surface area contributed by atoms with Crippen molar-refractivity contribution in [1.82, 2.24) is 20.3 Å². The summed E-state index contributed by atoms with van der Waals surface area (Å²) < 4.78 is 5.44. The summed E-state index contributed by atoms with van der Waals surface area (Å²) in [6.07, 6.45) is 0. The smallest absolute Gasteiger partial charge is 0.222 e. The van der Waals surface area contributed by atoms with Crippen LogP contribution in [-0.2, 0) is 4.79 Å². The van der Waals surface area contributed by atoms with Gasteiger partial charge >= 0.3 is 0 Å². The van der Waals surface area contributed by atoms with Crippen LogP contribution in [0.5, 0.6) is 5.75 Å². The number of hydrogen-bond acceptors (Lipinski definition) is 5. The molecule has 0 spiro atoms. The molecule has 3 aromatic rings. The Morgan fingerprint density at radius 1 is 1.16 bits per heavy atom. The fraction of sp³-hybridized carbons (Fsp3) is 0.176. The fourth-order valence-electron chi connectivity index (χ4n) is 2.27. The number of ether oxygens (including phenoxy) is 1. The SMILES string of the molecule is CCOc1ccc(-n2nc3ccc(NC(=S)NC(C)=O)cc3n2)cc1. The first kappa shape index (κ1) is 16.8. The van der Waals surface area contributed by atoms with Crippen LogP contribution in [0.3, 0.4) is 0 Å². The Kier molecular flexibility index (Phi) is 4.90. The Hall–Kier alpha value is -3.00. The molecule has 0 unspecified atom stereocenters. The highest BCUT2D eigenvalue weighted by Crippen LogP contribution is 2.19. The second kappa shape index (κ2) is 7.27. The number of carbonyl (C=O) groups is 1. The van der Waals surface area contributed by atoms with Gasteiger partial charge in [0, 0.05) is 12.6 Å². The van der Waals surface area contributed by atoms with Crippen LogP contribution in [0.1, 0.15) is 13.8 Å².